The Balaban J connectivity index is 2.64. The van der Waals surface area contributed by atoms with Gasteiger partial charge in [-0.15, -0.1) is 0 Å². The van der Waals surface area contributed by atoms with Crippen molar-refractivity contribution in [2.75, 3.05) is 0 Å². The fourth-order valence-electron chi connectivity index (χ4n) is 1.50. The highest BCUT2D eigenvalue weighted by Crippen LogP contribution is 2.21. The van der Waals surface area contributed by atoms with Crippen LogP contribution in [0.4, 0.5) is 13.2 Å². The first kappa shape index (κ1) is 12.1. The van der Waals surface area contributed by atoms with Crippen molar-refractivity contribution in [2.24, 2.45) is 5.92 Å². The molecule has 0 unspecified atom stereocenters. The average molecular weight is 216 g/mol. The van der Waals surface area contributed by atoms with E-state index in [2.05, 4.69) is 13.8 Å². The van der Waals surface area contributed by atoms with Gasteiger partial charge in [-0.2, -0.15) is 13.2 Å². The Kier molecular flexibility index (Phi) is 3.77. The lowest BCUT2D eigenvalue weighted by Crippen LogP contribution is -2.11. The number of alkyl halides is 3. The number of hydrogen-bond acceptors (Lipinski definition) is 0. The van der Waals surface area contributed by atoms with Crippen LogP contribution in [0, 0.1) is 5.92 Å². The first-order chi connectivity index (χ1) is 6.87. The topological polar surface area (TPSA) is 0 Å². The van der Waals surface area contributed by atoms with E-state index in [1.165, 1.54) is 0 Å². The normalized spacial score (nSPS) is 12.1. The summed E-state index contributed by atoms with van der Waals surface area (Å²) in [6.07, 6.45) is -4.04. The lowest BCUT2D eigenvalue weighted by Gasteiger charge is -2.08. The second-order valence-corrected chi connectivity index (χ2v) is 4.21. The van der Waals surface area contributed by atoms with Crippen LogP contribution in [-0.4, -0.2) is 6.18 Å². The number of benzene rings is 1. The maximum Gasteiger partial charge on any atom is 0.393 e. The first-order valence-corrected chi connectivity index (χ1v) is 5.01. The molecule has 0 spiro atoms. The maximum atomic E-state index is 12.1. The van der Waals surface area contributed by atoms with E-state index in [0.717, 1.165) is 12.0 Å². The summed E-state index contributed by atoms with van der Waals surface area (Å²) in [5, 5.41) is 0. The molecule has 0 heterocycles. The molecule has 0 saturated heterocycles. The molecule has 0 aliphatic rings. The monoisotopic (exact) mass is 216 g/mol. The highest BCUT2D eigenvalue weighted by atomic mass is 19.4. The van der Waals surface area contributed by atoms with Crippen molar-refractivity contribution in [3.8, 4) is 0 Å². The zero-order chi connectivity index (χ0) is 11.5. The zero-order valence-corrected chi connectivity index (χ0v) is 8.93. The average Bonchev–Trinajstić information content (AvgIpc) is 2.05. The molecule has 0 amide bonds. The van der Waals surface area contributed by atoms with E-state index < -0.39 is 12.6 Å². The van der Waals surface area contributed by atoms with Gasteiger partial charge in [-0.05, 0) is 23.5 Å². The van der Waals surface area contributed by atoms with E-state index >= 15 is 0 Å². The largest absolute Gasteiger partial charge is 0.393 e. The van der Waals surface area contributed by atoms with Gasteiger partial charge in [0.25, 0.3) is 0 Å². The van der Waals surface area contributed by atoms with E-state index in [4.69, 9.17) is 0 Å². The van der Waals surface area contributed by atoms with Gasteiger partial charge in [0.15, 0.2) is 0 Å². The molecule has 0 aromatic heterocycles. The molecule has 1 rings (SSSR count). The van der Waals surface area contributed by atoms with Gasteiger partial charge in [0.2, 0.25) is 0 Å². The number of halogens is 3. The maximum absolute atomic E-state index is 12.1. The van der Waals surface area contributed by atoms with Crippen molar-refractivity contribution in [3.63, 3.8) is 0 Å². The van der Waals surface area contributed by atoms with Gasteiger partial charge in [0.1, 0.15) is 0 Å². The Hall–Kier alpha value is -0.990. The van der Waals surface area contributed by atoms with E-state index in [-0.39, 0.29) is 0 Å². The summed E-state index contributed by atoms with van der Waals surface area (Å²) >= 11 is 0. The molecule has 0 radical (unpaired) electrons. The van der Waals surface area contributed by atoms with Gasteiger partial charge in [-0.1, -0.05) is 38.1 Å². The summed E-state index contributed by atoms with van der Waals surface area (Å²) in [5.41, 5.74) is 1.42. The molecular weight excluding hydrogens is 201 g/mol. The fourth-order valence-corrected chi connectivity index (χ4v) is 1.50. The molecule has 0 saturated carbocycles. The third-order valence-electron chi connectivity index (χ3n) is 2.07. The summed E-state index contributed by atoms with van der Waals surface area (Å²) in [5.74, 6) is 0.526. The molecule has 0 bridgehead atoms. The highest BCUT2D eigenvalue weighted by molar-refractivity contribution is 5.23. The molecule has 1 aromatic carbocycles. The molecule has 0 aliphatic heterocycles. The van der Waals surface area contributed by atoms with Crippen LogP contribution in [0.5, 0.6) is 0 Å². The van der Waals surface area contributed by atoms with Crippen LogP contribution in [0.15, 0.2) is 24.3 Å². The second kappa shape index (κ2) is 4.69. The smallest absolute Gasteiger partial charge is 0.171 e. The highest BCUT2D eigenvalue weighted by Gasteiger charge is 2.27. The second-order valence-electron chi connectivity index (χ2n) is 4.21. The van der Waals surface area contributed by atoms with Crippen molar-refractivity contribution in [2.45, 2.75) is 32.9 Å². The van der Waals surface area contributed by atoms with E-state index in [1.54, 1.807) is 24.3 Å². The molecule has 0 N–H and O–H groups in total. The van der Waals surface area contributed by atoms with Crippen LogP contribution in [0.1, 0.15) is 25.0 Å². The SMILES string of the molecule is CC(C)Cc1ccc(CC(F)(F)F)cc1. The van der Waals surface area contributed by atoms with Crippen molar-refractivity contribution >= 4 is 0 Å². The van der Waals surface area contributed by atoms with E-state index in [1.807, 2.05) is 0 Å². The number of rotatable bonds is 3. The Labute approximate surface area is 88.1 Å². The van der Waals surface area contributed by atoms with Gasteiger partial charge in [0.05, 0.1) is 6.42 Å². The van der Waals surface area contributed by atoms with Crippen molar-refractivity contribution in [1.82, 2.24) is 0 Å². The first-order valence-electron chi connectivity index (χ1n) is 5.01. The Morgan fingerprint density at radius 1 is 1.00 bits per heavy atom. The van der Waals surface area contributed by atoms with Crippen LogP contribution < -0.4 is 0 Å². The van der Waals surface area contributed by atoms with Crippen LogP contribution in [-0.2, 0) is 12.8 Å². The summed E-state index contributed by atoms with van der Waals surface area (Å²) in [6.45, 7) is 4.17. The summed E-state index contributed by atoms with van der Waals surface area (Å²) < 4.78 is 36.2. The molecule has 15 heavy (non-hydrogen) atoms. The molecule has 0 atom stereocenters. The lowest BCUT2D eigenvalue weighted by atomic mass is 10.0. The van der Waals surface area contributed by atoms with Crippen LogP contribution >= 0.6 is 0 Å². The molecule has 84 valence electrons. The van der Waals surface area contributed by atoms with Crippen molar-refractivity contribution < 1.29 is 13.2 Å². The lowest BCUT2D eigenvalue weighted by molar-refractivity contribution is -0.127. The Morgan fingerprint density at radius 3 is 1.87 bits per heavy atom. The third kappa shape index (κ3) is 4.86. The third-order valence-corrected chi connectivity index (χ3v) is 2.07. The minimum absolute atomic E-state index is 0.329. The Morgan fingerprint density at radius 2 is 1.47 bits per heavy atom. The predicted molar refractivity (Wildman–Crippen MR) is 54.7 cm³/mol. The Bertz CT molecular complexity index is 296. The van der Waals surface area contributed by atoms with Crippen LogP contribution in [0.25, 0.3) is 0 Å². The summed E-state index contributed by atoms with van der Waals surface area (Å²) in [6, 6.07) is 6.68. The molecular formula is C12H15F3. The van der Waals surface area contributed by atoms with Crippen molar-refractivity contribution in [1.29, 1.82) is 0 Å². The van der Waals surface area contributed by atoms with Crippen molar-refractivity contribution in [3.05, 3.63) is 35.4 Å². The molecule has 1 aromatic rings. The zero-order valence-electron chi connectivity index (χ0n) is 8.93. The minimum atomic E-state index is -4.11. The molecule has 0 aliphatic carbocycles. The quantitative estimate of drug-likeness (QED) is 0.716. The van der Waals surface area contributed by atoms with Crippen LogP contribution in [0.3, 0.4) is 0 Å². The van der Waals surface area contributed by atoms with Gasteiger partial charge < -0.3 is 0 Å². The molecule has 3 heteroatoms. The molecule has 0 fully saturated rings. The van der Waals surface area contributed by atoms with E-state index in [0.29, 0.717) is 11.5 Å². The van der Waals surface area contributed by atoms with Crippen LogP contribution in [0.2, 0.25) is 0 Å². The van der Waals surface area contributed by atoms with Gasteiger partial charge in [-0.3, -0.25) is 0 Å². The molecule has 0 nitrogen and oxygen atoms in total. The minimum Gasteiger partial charge on any atom is -0.171 e. The van der Waals surface area contributed by atoms with Gasteiger partial charge >= 0.3 is 6.18 Å². The van der Waals surface area contributed by atoms with E-state index in [9.17, 15) is 13.2 Å². The van der Waals surface area contributed by atoms with Gasteiger partial charge in [0, 0.05) is 0 Å². The fraction of sp³-hybridized carbons (Fsp3) is 0.500. The number of hydrogen-bond donors (Lipinski definition) is 0. The summed E-state index contributed by atoms with van der Waals surface area (Å²) in [4.78, 5) is 0. The standard InChI is InChI=1S/C12H15F3/c1-9(2)7-10-3-5-11(6-4-10)8-12(13,14)15/h3-6,9H,7-8H2,1-2H3. The summed E-state index contributed by atoms with van der Waals surface area (Å²) in [7, 11) is 0. The predicted octanol–water partition coefficient (Wildman–Crippen LogP) is 3.99. The van der Waals surface area contributed by atoms with Gasteiger partial charge in [-0.25, -0.2) is 0 Å².